The normalized spacial score (nSPS) is 21.8. The van der Waals surface area contributed by atoms with Crippen molar-refractivity contribution in [1.29, 1.82) is 0 Å². The first kappa shape index (κ1) is 25.7. The number of anilines is 2. The molecule has 0 atom stereocenters. The molecule has 0 radical (unpaired) electrons. The van der Waals surface area contributed by atoms with Gasteiger partial charge in [0.25, 0.3) is 5.91 Å². The lowest BCUT2D eigenvalue weighted by atomic mass is 9.84. The molecule has 3 fully saturated rings. The van der Waals surface area contributed by atoms with Gasteiger partial charge < -0.3 is 19.3 Å². The Morgan fingerprint density at radius 2 is 1.38 bits per heavy atom. The number of ether oxygens (including phenoxy) is 2. The first-order valence-electron chi connectivity index (χ1n) is 13.9. The van der Waals surface area contributed by atoms with Gasteiger partial charge in [-0.05, 0) is 37.8 Å². The molecule has 3 aliphatic rings. The van der Waals surface area contributed by atoms with E-state index in [4.69, 9.17) is 9.47 Å². The molecule has 0 bridgehead atoms. The molecule has 1 spiro atoms. The number of para-hydroxylation sites is 1. The highest BCUT2D eigenvalue weighted by Gasteiger charge is 2.55. The molecular weight excluding hydrogens is 468 g/mol. The molecule has 2 saturated heterocycles. The van der Waals surface area contributed by atoms with Crippen molar-refractivity contribution in [1.82, 2.24) is 19.9 Å². The Balaban J connectivity index is 1.40. The lowest BCUT2D eigenvalue weighted by Crippen LogP contribution is -2.58. The average molecular weight is 509 g/mol. The lowest BCUT2D eigenvalue weighted by molar-refractivity contribution is -0.123. The third kappa shape index (κ3) is 5.37. The number of rotatable bonds is 5. The second kappa shape index (κ2) is 11.6. The van der Waals surface area contributed by atoms with Gasteiger partial charge in [-0.2, -0.15) is 9.97 Å². The van der Waals surface area contributed by atoms with Gasteiger partial charge >= 0.3 is 12.0 Å². The van der Waals surface area contributed by atoms with Gasteiger partial charge in [-0.15, -0.1) is 4.98 Å². The van der Waals surface area contributed by atoms with Crippen LogP contribution in [0.5, 0.6) is 12.0 Å². The van der Waals surface area contributed by atoms with Gasteiger partial charge in [0.2, 0.25) is 5.95 Å². The Morgan fingerprint density at radius 3 is 1.95 bits per heavy atom. The van der Waals surface area contributed by atoms with Gasteiger partial charge in [0.15, 0.2) is 0 Å². The van der Waals surface area contributed by atoms with Crippen molar-refractivity contribution in [2.75, 3.05) is 43.8 Å². The zero-order valence-corrected chi connectivity index (χ0v) is 22.3. The highest BCUT2D eigenvalue weighted by molar-refractivity contribution is 6.05. The van der Waals surface area contributed by atoms with E-state index in [9.17, 15) is 4.79 Å². The fourth-order valence-electron chi connectivity index (χ4n) is 6.33. The number of hydrogen-bond donors (Lipinski definition) is 0. The molecule has 0 unspecified atom stereocenters. The van der Waals surface area contributed by atoms with Crippen LogP contribution in [-0.2, 0) is 4.79 Å². The van der Waals surface area contributed by atoms with Crippen LogP contribution in [-0.4, -0.2) is 71.3 Å². The lowest BCUT2D eigenvalue weighted by Gasteiger charge is -2.45. The number of nitrogens with zero attached hydrogens (tertiary/aromatic N) is 6. The zero-order valence-electron chi connectivity index (χ0n) is 22.3. The highest BCUT2D eigenvalue weighted by atomic mass is 16.5. The molecule has 1 aliphatic carbocycles. The number of aromatic nitrogens is 3. The second-order valence-electron chi connectivity index (χ2n) is 10.5. The summed E-state index contributed by atoms with van der Waals surface area (Å²) in [6, 6.07) is 11.1. The molecule has 9 heteroatoms. The number of hydrogen-bond acceptors (Lipinski definition) is 8. The Kier molecular flexibility index (Phi) is 8.08. The van der Waals surface area contributed by atoms with Crippen LogP contribution in [0.3, 0.4) is 0 Å². The summed E-state index contributed by atoms with van der Waals surface area (Å²) in [5, 5.41) is 0. The standard InChI is InChI=1S/C28H40N6O3/c1-36-26-29-25(30-27(31-26)37-2)33-21-34(23-15-11-8-12-16-23)28(24(33)35)17-19-32(20-18-28)22-13-9-6-4-3-5-7-10-14-22/h8,11-12,15-16,22H,3-7,9-10,13-14,17-21H2,1-2H3. The molecule has 1 saturated carbocycles. The first-order valence-corrected chi connectivity index (χ1v) is 13.9. The maximum atomic E-state index is 14.2. The van der Waals surface area contributed by atoms with E-state index in [1.165, 1.54) is 72.0 Å². The van der Waals surface area contributed by atoms with Gasteiger partial charge in [0.1, 0.15) is 12.2 Å². The van der Waals surface area contributed by atoms with E-state index >= 15 is 0 Å². The van der Waals surface area contributed by atoms with Crippen LogP contribution in [0.15, 0.2) is 30.3 Å². The van der Waals surface area contributed by atoms with Crippen LogP contribution < -0.4 is 19.3 Å². The van der Waals surface area contributed by atoms with Crippen molar-refractivity contribution in [3.05, 3.63) is 30.3 Å². The number of carbonyl (C=O) groups excluding carboxylic acids is 1. The van der Waals surface area contributed by atoms with Crippen LogP contribution in [0.2, 0.25) is 0 Å². The van der Waals surface area contributed by atoms with E-state index in [1.54, 1.807) is 4.90 Å². The molecule has 1 aromatic heterocycles. The largest absolute Gasteiger partial charge is 0.467 e. The third-order valence-corrected chi connectivity index (χ3v) is 8.42. The van der Waals surface area contributed by atoms with Crippen LogP contribution >= 0.6 is 0 Å². The molecule has 2 aromatic rings. The van der Waals surface area contributed by atoms with E-state index < -0.39 is 5.54 Å². The smallest absolute Gasteiger partial charge is 0.324 e. The molecule has 3 heterocycles. The van der Waals surface area contributed by atoms with E-state index in [2.05, 4.69) is 36.9 Å². The van der Waals surface area contributed by atoms with Gasteiger partial charge in [-0.25, -0.2) is 0 Å². The molecule has 5 rings (SSSR count). The minimum atomic E-state index is -0.624. The minimum Gasteiger partial charge on any atom is -0.467 e. The van der Waals surface area contributed by atoms with Crippen molar-refractivity contribution < 1.29 is 14.3 Å². The summed E-state index contributed by atoms with van der Waals surface area (Å²) in [4.78, 5) is 33.7. The summed E-state index contributed by atoms with van der Waals surface area (Å²) < 4.78 is 10.5. The topological polar surface area (TPSA) is 83.9 Å². The third-order valence-electron chi connectivity index (χ3n) is 8.42. The van der Waals surface area contributed by atoms with Crippen molar-refractivity contribution in [3.63, 3.8) is 0 Å². The predicted octanol–water partition coefficient (Wildman–Crippen LogP) is 4.43. The maximum Gasteiger partial charge on any atom is 0.324 e. The van der Waals surface area contributed by atoms with Crippen molar-refractivity contribution in [3.8, 4) is 12.0 Å². The number of piperidine rings is 1. The molecule has 2 aliphatic heterocycles. The van der Waals surface area contributed by atoms with Crippen molar-refractivity contribution in [2.24, 2.45) is 0 Å². The van der Waals surface area contributed by atoms with Gasteiger partial charge in [0.05, 0.1) is 14.2 Å². The Morgan fingerprint density at radius 1 is 0.811 bits per heavy atom. The van der Waals surface area contributed by atoms with E-state index in [0.717, 1.165) is 31.6 Å². The van der Waals surface area contributed by atoms with Crippen LogP contribution in [0, 0.1) is 0 Å². The number of likely N-dealkylation sites (tertiary alicyclic amines) is 1. The Bertz CT molecular complexity index is 1010. The second-order valence-corrected chi connectivity index (χ2v) is 10.5. The average Bonchev–Trinajstić information content (AvgIpc) is 3.23. The summed E-state index contributed by atoms with van der Waals surface area (Å²) in [5.74, 6) is 0.304. The fraction of sp³-hybridized carbons (Fsp3) is 0.643. The van der Waals surface area contributed by atoms with Crippen LogP contribution in [0.1, 0.15) is 70.6 Å². The quantitative estimate of drug-likeness (QED) is 0.587. The monoisotopic (exact) mass is 508 g/mol. The van der Waals surface area contributed by atoms with Crippen LogP contribution in [0.25, 0.3) is 0 Å². The van der Waals surface area contributed by atoms with Crippen molar-refractivity contribution >= 4 is 17.5 Å². The summed E-state index contributed by atoms with van der Waals surface area (Å²) in [6.45, 7) is 2.23. The number of benzene rings is 1. The molecule has 9 nitrogen and oxygen atoms in total. The molecule has 1 aromatic carbocycles. The van der Waals surface area contributed by atoms with Gasteiger partial charge in [0, 0.05) is 24.8 Å². The zero-order chi connectivity index (χ0) is 25.7. The maximum absolute atomic E-state index is 14.2. The molecule has 200 valence electrons. The molecule has 37 heavy (non-hydrogen) atoms. The van der Waals surface area contributed by atoms with E-state index in [1.807, 2.05) is 18.2 Å². The SMILES string of the molecule is COc1nc(OC)nc(N2CN(c3ccccc3)C3(CCN(C4CCCCCCCCC4)CC3)C2=O)n1. The number of methoxy groups -OCH3 is 2. The van der Waals surface area contributed by atoms with E-state index in [-0.39, 0.29) is 23.9 Å². The predicted molar refractivity (Wildman–Crippen MR) is 143 cm³/mol. The molecular formula is C28H40N6O3. The Hall–Kier alpha value is -2.94. The number of carbonyl (C=O) groups is 1. The summed E-state index contributed by atoms with van der Waals surface area (Å²) in [5.41, 5.74) is 0.416. The first-order chi connectivity index (χ1) is 18.1. The fourth-order valence-corrected chi connectivity index (χ4v) is 6.33. The van der Waals surface area contributed by atoms with Crippen molar-refractivity contribution in [2.45, 2.75) is 82.2 Å². The number of amides is 1. The molecule has 1 amide bonds. The Labute approximate surface area is 220 Å². The summed E-state index contributed by atoms with van der Waals surface area (Å²) in [7, 11) is 2.99. The summed E-state index contributed by atoms with van der Waals surface area (Å²) >= 11 is 0. The van der Waals surface area contributed by atoms with Gasteiger partial charge in [-0.1, -0.05) is 63.1 Å². The van der Waals surface area contributed by atoms with E-state index in [0.29, 0.717) is 12.7 Å². The molecule has 0 N–H and O–H groups in total. The van der Waals surface area contributed by atoms with Crippen LogP contribution in [0.4, 0.5) is 11.6 Å². The van der Waals surface area contributed by atoms with Gasteiger partial charge in [-0.3, -0.25) is 9.69 Å². The summed E-state index contributed by atoms with van der Waals surface area (Å²) in [6.07, 6.45) is 13.6. The highest BCUT2D eigenvalue weighted by Crippen LogP contribution is 2.41. The minimum absolute atomic E-state index is 0.0391.